The maximum absolute atomic E-state index is 11.5. The van der Waals surface area contributed by atoms with Gasteiger partial charge < -0.3 is 18.9 Å². The van der Waals surface area contributed by atoms with E-state index in [9.17, 15) is 9.59 Å². The smallest absolute Gasteiger partial charge is 0.308 e. The average Bonchev–Trinajstić information content (AvgIpc) is 2.32. The van der Waals surface area contributed by atoms with Crippen LogP contribution >= 0.6 is 0 Å². The quantitative estimate of drug-likeness (QED) is 0.637. The Bertz CT molecular complexity index is 341. The average molecular weight is 302 g/mol. The maximum atomic E-state index is 11.5. The summed E-state index contributed by atoms with van der Waals surface area (Å²) < 4.78 is 20.8. The molecule has 0 bridgehead atoms. The number of carbonyl (C=O) groups is 2. The van der Waals surface area contributed by atoms with E-state index in [4.69, 9.17) is 14.2 Å². The van der Waals surface area contributed by atoms with E-state index in [0.717, 1.165) is 12.8 Å². The molecular formula is C15H26O6. The molecule has 1 fully saturated rings. The number of esters is 2. The van der Waals surface area contributed by atoms with Crippen molar-refractivity contribution in [2.45, 2.75) is 64.3 Å². The molecule has 0 spiro atoms. The summed E-state index contributed by atoms with van der Waals surface area (Å²) in [5.41, 5.74) is -0.452. The van der Waals surface area contributed by atoms with Gasteiger partial charge in [0.25, 0.3) is 0 Å². The Morgan fingerprint density at radius 3 is 1.86 bits per heavy atom. The highest BCUT2D eigenvalue weighted by Crippen LogP contribution is 2.26. The van der Waals surface area contributed by atoms with E-state index in [2.05, 4.69) is 4.74 Å². The van der Waals surface area contributed by atoms with E-state index in [1.807, 2.05) is 20.8 Å². The second-order valence-corrected chi connectivity index (χ2v) is 6.12. The highest BCUT2D eigenvalue weighted by Gasteiger charge is 2.30. The van der Waals surface area contributed by atoms with E-state index in [-0.39, 0.29) is 37.0 Å². The van der Waals surface area contributed by atoms with Gasteiger partial charge in [-0.25, -0.2) is 0 Å². The SMILES string of the molecule is COC(=O)CCOC1CC(OCCC(=O)OC(C)(C)C)C1. The van der Waals surface area contributed by atoms with E-state index < -0.39 is 5.60 Å². The number of methoxy groups -OCH3 is 1. The predicted octanol–water partition coefficient (Wildman–Crippen LogP) is 1.85. The third-order valence-corrected chi connectivity index (χ3v) is 3.02. The molecule has 0 unspecified atom stereocenters. The van der Waals surface area contributed by atoms with Crippen molar-refractivity contribution in [3.63, 3.8) is 0 Å². The number of hydrogen-bond donors (Lipinski definition) is 0. The molecular weight excluding hydrogens is 276 g/mol. The van der Waals surface area contributed by atoms with Gasteiger partial charge in [0.1, 0.15) is 5.60 Å². The Kier molecular flexibility index (Phi) is 7.11. The van der Waals surface area contributed by atoms with Crippen LogP contribution in [-0.4, -0.2) is 50.1 Å². The summed E-state index contributed by atoms with van der Waals surface area (Å²) >= 11 is 0. The summed E-state index contributed by atoms with van der Waals surface area (Å²) in [5.74, 6) is -0.507. The van der Waals surface area contributed by atoms with E-state index in [0.29, 0.717) is 13.2 Å². The first-order valence-electron chi connectivity index (χ1n) is 7.32. The van der Waals surface area contributed by atoms with E-state index in [1.54, 1.807) is 0 Å². The largest absolute Gasteiger partial charge is 0.469 e. The van der Waals surface area contributed by atoms with Gasteiger partial charge >= 0.3 is 11.9 Å². The zero-order valence-electron chi connectivity index (χ0n) is 13.3. The Balaban J connectivity index is 1.98. The van der Waals surface area contributed by atoms with Crippen molar-refractivity contribution in [1.29, 1.82) is 0 Å². The normalized spacial score (nSPS) is 21.5. The number of ether oxygens (including phenoxy) is 4. The summed E-state index contributed by atoms with van der Waals surface area (Å²) in [6.45, 7) is 6.27. The molecule has 0 atom stereocenters. The van der Waals surface area contributed by atoms with Gasteiger partial charge in [-0.05, 0) is 33.6 Å². The second-order valence-electron chi connectivity index (χ2n) is 6.12. The Labute approximate surface area is 126 Å². The van der Waals surface area contributed by atoms with Crippen LogP contribution in [0.3, 0.4) is 0 Å². The lowest BCUT2D eigenvalue weighted by Gasteiger charge is -2.34. The third-order valence-electron chi connectivity index (χ3n) is 3.02. The molecule has 0 amide bonds. The van der Waals surface area contributed by atoms with Gasteiger partial charge in [0, 0.05) is 0 Å². The maximum Gasteiger partial charge on any atom is 0.308 e. The fourth-order valence-corrected chi connectivity index (χ4v) is 1.90. The van der Waals surface area contributed by atoms with Crippen LogP contribution in [0.15, 0.2) is 0 Å². The molecule has 21 heavy (non-hydrogen) atoms. The first kappa shape index (κ1) is 17.9. The van der Waals surface area contributed by atoms with Crippen molar-refractivity contribution in [3.05, 3.63) is 0 Å². The summed E-state index contributed by atoms with van der Waals surface area (Å²) in [6, 6.07) is 0. The molecule has 0 aromatic rings. The molecule has 0 N–H and O–H groups in total. The third kappa shape index (κ3) is 8.02. The highest BCUT2D eigenvalue weighted by atomic mass is 16.6. The lowest BCUT2D eigenvalue weighted by molar-refractivity contribution is -0.158. The molecule has 0 aromatic carbocycles. The van der Waals surface area contributed by atoms with Crippen LogP contribution in [0.5, 0.6) is 0 Å². The molecule has 0 aliphatic heterocycles. The van der Waals surface area contributed by atoms with Crippen LogP contribution < -0.4 is 0 Å². The highest BCUT2D eigenvalue weighted by molar-refractivity contribution is 5.70. The van der Waals surface area contributed by atoms with Crippen molar-refractivity contribution in [1.82, 2.24) is 0 Å². The Morgan fingerprint density at radius 2 is 1.43 bits per heavy atom. The summed E-state index contributed by atoms with van der Waals surface area (Å²) in [6.07, 6.45) is 2.42. The topological polar surface area (TPSA) is 71.1 Å². The van der Waals surface area contributed by atoms with Crippen LogP contribution in [-0.2, 0) is 28.5 Å². The van der Waals surface area contributed by atoms with E-state index >= 15 is 0 Å². The van der Waals surface area contributed by atoms with Crippen molar-refractivity contribution >= 4 is 11.9 Å². The fraction of sp³-hybridized carbons (Fsp3) is 0.867. The molecule has 1 aliphatic rings. The molecule has 1 saturated carbocycles. The lowest BCUT2D eigenvalue weighted by atomic mass is 9.92. The predicted molar refractivity (Wildman–Crippen MR) is 75.8 cm³/mol. The number of carbonyl (C=O) groups excluding carboxylic acids is 2. The van der Waals surface area contributed by atoms with Crippen molar-refractivity contribution < 1.29 is 28.5 Å². The zero-order chi connectivity index (χ0) is 15.9. The summed E-state index contributed by atoms with van der Waals surface area (Å²) in [5, 5.41) is 0. The van der Waals surface area contributed by atoms with Crippen LogP contribution in [0.25, 0.3) is 0 Å². The monoisotopic (exact) mass is 302 g/mol. The molecule has 0 saturated heterocycles. The molecule has 0 heterocycles. The minimum atomic E-state index is -0.452. The fourth-order valence-electron chi connectivity index (χ4n) is 1.90. The van der Waals surface area contributed by atoms with Gasteiger partial charge in [-0.2, -0.15) is 0 Å². The minimum Gasteiger partial charge on any atom is -0.469 e. The van der Waals surface area contributed by atoms with Gasteiger partial charge in [0.05, 0.1) is 45.4 Å². The van der Waals surface area contributed by atoms with Crippen molar-refractivity contribution in [2.75, 3.05) is 20.3 Å². The second kappa shape index (κ2) is 8.34. The summed E-state index contributed by atoms with van der Waals surface area (Å²) in [7, 11) is 1.36. The van der Waals surface area contributed by atoms with Crippen LogP contribution in [0, 0.1) is 0 Å². The van der Waals surface area contributed by atoms with Gasteiger partial charge in [-0.1, -0.05) is 0 Å². The Hall–Kier alpha value is -1.14. The number of rotatable bonds is 8. The van der Waals surface area contributed by atoms with Gasteiger partial charge in [-0.15, -0.1) is 0 Å². The first-order valence-corrected chi connectivity index (χ1v) is 7.32. The molecule has 1 rings (SSSR count). The van der Waals surface area contributed by atoms with Crippen molar-refractivity contribution in [2.24, 2.45) is 0 Å². The molecule has 6 heteroatoms. The molecule has 0 radical (unpaired) electrons. The lowest BCUT2D eigenvalue weighted by Crippen LogP contribution is -2.38. The standard InChI is InChI=1S/C15H26O6/c1-15(2,3)21-14(17)6-8-20-12-9-11(10-12)19-7-5-13(16)18-4/h11-12H,5-10H2,1-4H3. The van der Waals surface area contributed by atoms with Crippen LogP contribution in [0.4, 0.5) is 0 Å². The van der Waals surface area contributed by atoms with Gasteiger partial charge in [-0.3, -0.25) is 9.59 Å². The van der Waals surface area contributed by atoms with Crippen molar-refractivity contribution in [3.8, 4) is 0 Å². The van der Waals surface area contributed by atoms with Gasteiger partial charge in [0.15, 0.2) is 0 Å². The first-order chi connectivity index (χ1) is 9.80. The molecule has 0 aromatic heterocycles. The van der Waals surface area contributed by atoms with Gasteiger partial charge in [0.2, 0.25) is 0 Å². The summed E-state index contributed by atoms with van der Waals surface area (Å²) in [4.78, 5) is 22.4. The van der Waals surface area contributed by atoms with Crippen LogP contribution in [0.1, 0.15) is 46.5 Å². The molecule has 122 valence electrons. The number of hydrogen-bond acceptors (Lipinski definition) is 6. The zero-order valence-corrected chi connectivity index (χ0v) is 13.3. The Morgan fingerprint density at radius 1 is 0.952 bits per heavy atom. The molecule has 1 aliphatic carbocycles. The van der Waals surface area contributed by atoms with Crippen LogP contribution in [0.2, 0.25) is 0 Å². The van der Waals surface area contributed by atoms with E-state index in [1.165, 1.54) is 7.11 Å². The minimum absolute atomic E-state index is 0.135. The molecule has 6 nitrogen and oxygen atoms in total.